The number of allylic oxidation sites excluding steroid dienone is 2. The molecule has 1 unspecified atom stereocenters. The molecule has 0 aromatic rings. The van der Waals surface area contributed by atoms with Crippen molar-refractivity contribution in [3.8, 4) is 0 Å². The molecule has 1 aliphatic heterocycles. The Bertz CT molecular complexity index is 143. The molecule has 0 radical (unpaired) electrons. The first-order valence-corrected chi connectivity index (χ1v) is 2.63. The third kappa shape index (κ3) is 1.34. The fourth-order valence-corrected chi connectivity index (χ4v) is 0.455. The van der Waals surface area contributed by atoms with Crippen molar-refractivity contribution in [2.45, 2.75) is 20.3 Å². The fourth-order valence-electron chi connectivity index (χ4n) is 0.455. The van der Waals surface area contributed by atoms with E-state index < -0.39 is 6.41 Å². The van der Waals surface area contributed by atoms with E-state index in [9.17, 15) is 0 Å². The van der Waals surface area contributed by atoms with Gasteiger partial charge in [-0.05, 0) is 6.92 Å². The zero-order valence-corrected chi connectivity index (χ0v) is 5.38. The predicted octanol–water partition coefficient (Wildman–Crippen LogP) is 0.459. The molecule has 4 heteroatoms. The van der Waals surface area contributed by atoms with Crippen LogP contribution in [-0.2, 0) is 14.5 Å². The average Bonchev–Trinajstić information content (AvgIpc) is 1.80. The number of rotatable bonds is 0. The van der Waals surface area contributed by atoms with Gasteiger partial charge in [0.25, 0.3) is 6.41 Å². The number of hydrogen-bond donors (Lipinski definition) is 1. The van der Waals surface area contributed by atoms with Crippen LogP contribution < -0.4 is 5.73 Å². The van der Waals surface area contributed by atoms with Crippen molar-refractivity contribution in [2.24, 2.45) is 5.73 Å². The van der Waals surface area contributed by atoms with E-state index in [1.165, 1.54) is 0 Å². The second-order valence-electron chi connectivity index (χ2n) is 1.78. The van der Waals surface area contributed by atoms with Gasteiger partial charge in [-0.2, -0.15) is 0 Å². The van der Waals surface area contributed by atoms with E-state index in [2.05, 4.69) is 9.78 Å². The molecule has 2 N–H and O–H groups in total. The van der Waals surface area contributed by atoms with Crippen LogP contribution in [0.4, 0.5) is 0 Å². The first-order chi connectivity index (χ1) is 4.20. The Morgan fingerprint density at radius 3 is 2.44 bits per heavy atom. The van der Waals surface area contributed by atoms with Gasteiger partial charge in [-0.1, -0.05) is 0 Å². The Morgan fingerprint density at radius 1 is 1.33 bits per heavy atom. The molecule has 0 fully saturated rings. The number of hydrogen-bond acceptors (Lipinski definition) is 4. The molecule has 0 bridgehead atoms. The number of nitrogens with two attached hydrogens (primary N) is 1. The molecule has 1 rings (SSSR count). The fraction of sp³-hybridized carbons (Fsp3) is 0.600. The van der Waals surface area contributed by atoms with E-state index in [4.69, 9.17) is 10.5 Å². The van der Waals surface area contributed by atoms with Crippen LogP contribution in [0.1, 0.15) is 13.8 Å². The van der Waals surface area contributed by atoms with Gasteiger partial charge < -0.3 is 9.62 Å². The maximum absolute atomic E-state index is 5.18. The Kier molecular flexibility index (Phi) is 1.59. The summed E-state index contributed by atoms with van der Waals surface area (Å²) in [4.78, 5) is 9.09. The van der Waals surface area contributed by atoms with Gasteiger partial charge in [-0.25, -0.2) is 0 Å². The third-order valence-electron chi connectivity index (χ3n) is 1.06. The van der Waals surface area contributed by atoms with Crippen LogP contribution in [0.25, 0.3) is 0 Å². The van der Waals surface area contributed by atoms with Crippen LogP contribution in [0.3, 0.4) is 0 Å². The van der Waals surface area contributed by atoms with Crippen LogP contribution in [0.15, 0.2) is 11.5 Å². The van der Waals surface area contributed by atoms with Gasteiger partial charge in [-0.15, -0.1) is 4.89 Å². The van der Waals surface area contributed by atoms with Gasteiger partial charge in [0.1, 0.15) is 5.76 Å². The van der Waals surface area contributed by atoms with Gasteiger partial charge in [0, 0.05) is 6.92 Å². The molecule has 1 aliphatic rings. The molecule has 9 heavy (non-hydrogen) atoms. The molecule has 0 saturated heterocycles. The third-order valence-corrected chi connectivity index (χ3v) is 1.06. The maximum Gasteiger partial charge on any atom is 0.296 e. The van der Waals surface area contributed by atoms with Crippen LogP contribution in [0, 0.1) is 0 Å². The van der Waals surface area contributed by atoms with Gasteiger partial charge in [0.15, 0.2) is 5.76 Å². The quantitative estimate of drug-likeness (QED) is 0.485. The summed E-state index contributed by atoms with van der Waals surface area (Å²) >= 11 is 0. The lowest BCUT2D eigenvalue weighted by atomic mass is 10.5. The van der Waals surface area contributed by atoms with Crippen molar-refractivity contribution < 1.29 is 14.5 Å². The van der Waals surface area contributed by atoms with E-state index in [1.54, 1.807) is 13.8 Å². The summed E-state index contributed by atoms with van der Waals surface area (Å²) in [6, 6.07) is 0. The van der Waals surface area contributed by atoms with E-state index >= 15 is 0 Å². The minimum absolute atomic E-state index is 0.608. The van der Waals surface area contributed by atoms with Crippen LogP contribution in [0.2, 0.25) is 0 Å². The molecule has 0 aromatic heterocycles. The zero-order chi connectivity index (χ0) is 6.85. The minimum atomic E-state index is -0.784. The van der Waals surface area contributed by atoms with Crippen LogP contribution >= 0.6 is 0 Å². The zero-order valence-electron chi connectivity index (χ0n) is 5.38. The van der Waals surface area contributed by atoms with E-state index in [-0.39, 0.29) is 0 Å². The van der Waals surface area contributed by atoms with E-state index in [1.807, 2.05) is 0 Å². The van der Waals surface area contributed by atoms with Gasteiger partial charge in [0.05, 0.1) is 0 Å². The predicted molar refractivity (Wildman–Crippen MR) is 29.6 cm³/mol. The van der Waals surface area contributed by atoms with Crippen molar-refractivity contribution in [1.82, 2.24) is 0 Å². The summed E-state index contributed by atoms with van der Waals surface area (Å²) in [5, 5.41) is 0. The highest BCUT2D eigenvalue weighted by Gasteiger charge is 2.14. The van der Waals surface area contributed by atoms with Gasteiger partial charge >= 0.3 is 0 Å². The molecule has 0 aliphatic carbocycles. The number of ether oxygens (including phenoxy) is 1. The second kappa shape index (κ2) is 2.24. The van der Waals surface area contributed by atoms with Gasteiger partial charge in [-0.3, -0.25) is 5.73 Å². The molecule has 0 spiro atoms. The molecule has 1 heterocycles. The summed E-state index contributed by atoms with van der Waals surface area (Å²) in [5.74, 6) is 1.27. The largest absolute Gasteiger partial charge is 0.450 e. The van der Waals surface area contributed by atoms with Crippen molar-refractivity contribution in [2.75, 3.05) is 0 Å². The first-order valence-electron chi connectivity index (χ1n) is 2.63. The molecule has 0 saturated carbocycles. The summed E-state index contributed by atoms with van der Waals surface area (Å²) in [5.41, 5.74) is 5.18. The maximum atomic E-state index is 5.18. The molecule has 0 aromatic carbocycles. The Labute approximate surface area is 53.1 Å². The lowest BCUT2D eigenvalue weighted by molar-refractivity contribution is -0.368. The monoisotopic (exact) mass is 131 g/mol. The Hall–Kier alpha value is -0.740. The molecular weight excluding hydrogens is 122 g/mol. The van der Waals surface area contributed by atoms with Crippen molar-refractivity contribution >= 4 is 0 Å². The Balaban J connectivity index is 2.61. The second-order valence-corrected chi connectivity index (χ2v) is 1.78. The highest BCUT2D eigenvalue weighted by atomic mass is 17.2. The van der Waals surface area contributed by atoms with Crippen molar-refractivity contribution in [3.63, 3.8) is 0 Å². The normalized spacial score (nSPS) is 27.2. The summed E-state index contributed by atoms with van der Waals surface area (Å²) in [6.07, 6.45) is -0.784. The molecule has 0 amide bonds. The highest BCUT2D eigenvalue weighted by molar-refractivity contribution is 4.94. The molecule has 52 valence electrons. The topological polar surface area (TPSA) is 53.7 Å². The first kappa shape index (κ1) is 6.38. The summed E-state index contributed by atoms with van der Waals surface area (Å²) in [7, 11) is 0. The van der Waals surface area contributed by atoms with Gasteiger partial charge in [0.2, 0.25) is 0 Å². The molecular formula is C5H9NO3. The smallest absolute Gasteiger partial charge is 0.296 e. The molecule has 4 nitrogen and oxygen atoms in total. The highest BCUT2D eigenvalue weighted by Crippen LogP contribution is 2.14. The Morgan fingerprint density at radius 2 is 2.00 bits per heavy atom. The van der Waals surface area contributed by atoms with Crippen LogP contribution in [0.5, 0.6) is 0 Å². The van der Waals surface area contributed by atoms with E-state index in [0.29, 0.717) is 11.5 Å². The molecule has 1 atom stereocenters. The van der Waals surface area contributed by atoms with Crippen molar-refractivity contribution in [3.05, 3.63) is 11.5 Å². The van der Waals surface area contributed by atoms with Crippen molar-refractivity contribution in [1.29, 1.82) is 0 Å². The lowest BCUT2D eigenvalue weighted by Crippen LogP contribution is -2.30. The summed E-state index contributed by atoms with van der Waals surface area (Å²) < 4.78 is 4.91. The van der Waals surface area contributed by atoms with Crippen LogP contribution in [-0.4, -0.2) is 6.41 Å². The standard InChI is InChI=1S/C5H9NO3/c1-3-4(2)8-9-5(6)7-3/h5H,6H2,1-2H3. The summed E-state index contributed by atoms with van der Waals surface area (Å²) in [6.45, 7) is 3.50. The SMILES string of the molecule is CC1=C(C)OC(N)OO1. The minimum Gasteiger partial charge on any atom is -0.450 e. The average molecular weight is 131 g/mol. The van der Waals surface area contributed by atoms with E-state index in [0.717, 1.165) is 0 Å². The lowest BCUT2D eigenvalue weighted by Gasteiger charge is -2.20.